The predicted molar refractivity (Wildman–Crippen MR) is 39.9 cm³/mol. The maximum absolute atomic E-state index is 10.3. The number of aliphatic carboxylic acids is 1. The summed E-state index contributed by atoms with van der Waals surface area (Å²) < 4.78 is 39.1. The second-order valence-electron chi connectivity index (χ2n) is 2.99. The van der Waals surface area contributed by atoms with E-state index in [1.807, 2.05) is 0 Å². The van der Waals surface area contributed by atoms with E-state index < -0.39 is 41.3 Å². The van der Waals surface area contributed by atoms with Gasteiger partial charge in [0.1, 0.15) is 6.10 Å². The predicted octanol–water partition coefficient (Wildman–Crippen LogP) is -3.27. The standard InChI is InChI=1S/C6H10O8S/c7-3-1-4(6(8)9)13-2-5(3)14-15(10,11)12/h3-5,7H,1-2H2,(H,8,9)(H,10,11,12)/p-2/t3-,4?,5?/m1/s1. The van der Waals surface area contributed by atoms with E-state index in [0.717, 1.165) is 0 Å². The summed E-state index contributed by atoms with van der Waals surface area (Å²) in [5, 5.41) is 19.6. The average Bonchev–Trinajstić information content (AvgIpc) is 2.05. The summed E-state index contributed by atoms with van der Waals surface area (Å²) in [5.41, 5.74) is 0. The first kappa shape index (κ1) is 12.3. The van der Waals surface area contributed by atoms with Gasteiger partial charge < -0.3 is 24.3 Å². The van der Waals surface area contributed by atoms with Gasteiger partial charge in [-0.3, -0.25) is 4.18 Å². The number of carbonyl (C=O) groups excluding carboxylic acids is 1. The molecule has 0 aromatic rings. The van der Waals surface area contributed by atoms with Crippen molar-refractivity contribution in [1.29, 1.82) is 0 Å². The maximum Gasteiger partial charge on any atom is 0.218 e. The Morgan fingerprint density at radius 3 is 2.53 bits per heavy atom. The third-order valence-electron chi connectivity index (χ3n) is 1.85. The maximum atomic E-state index is 10.3. The van der Waals surface area contributed by atoms with Crippen molar-refractivity contribution in [3.8, 4) is 0 Å². The zero-order valence-corrected chi connectivity index (χ0v) is 8.18. The van der Waals surface area contributed by atoms with E-state index in [1.165, 1.54) is 0 Å². The number of hydrogen-bond donors (Lipinski definition) is 1. The van der Waals surface area contributed by atoms with Crippen molar-refractivity contribution in [2.24, 2.45) is 0 Å². The van der Waals surface area contributed by atoms with Crippen molar-refractivity contribution in [2.75, 3.05) is 6.61 Å². The Kier molecular flexibility index (Phi) is 3.62. The molecule has 88 valence electrons. The van der Waals surface area contributed by atoms with Gasteiger partial charge in [0.05, 0.1) is 24.8 Å². The van der Waals surface area contributed by atoms with Crippen LogP contribution in [0.2, 0.25) is 0 Å². The van der Waals surface area contributed by atoms with Crippen LogP contribution in [0.4, 0.5) is 0 Å². The molecule has 15 heavy (non-hydrogen) atoms. The Bertz CT molecular complexity index is 335. The zero-order chi connectivity index (χ0) is 11.6. The molecule has 2 unspecified atom stereocenters. The minimum absolute atomic E-state index is 0.386. The molecule has 1 aliphatic rings. The Morgan fingerprint density at radius 1 is 1.53 bits per heavy atom. The summed E-state index contributed by atoms with van der Waals surface area (Å²) in [6.45, 7) is -0.499. The minimum Gasteiger partial charge on any atom is -0.726 e. The second kappa shape index (κ2) is 4.41. The van der Waals surface area contributed by atoms with Crippen LogP contribution in [0.25, 0.3) is 0 Å². The van der Waals surface area contributed by atoms with Crippen LogP contribution in [0.1, 0.15) is 6.42 Å². The molecule has 0 saturated carbocycles. The van der Waals surface area contributed by atoms with Gasteiger partial charge >= 0.3 is 0 Å². The van der Waals surface area contributed by atoms with Crippen molar-refractivity contribution < 1.29 is 36.9 Å². The van der Waals surface area contributed by atoms with Crippen LogP contribution in [0.3, 0.4) is 0 Å². The second-order valence-corrected chi connectivity index (χ2v) is 4.00. The summed E-state index contributed by atoms with van der Waals surface area (Å²) >= 11 is 0. The number of carboxylic acid groups (broad SMARTS) is 1. The molecule has 1 fully saturated rings. The fourth-order valence-corrected chi connectivity index (χ4v) is 1.66. The summed E-state index contributed by atoms with van der Waals surface area (Å²) in [4.78, 5) is 10.3. The van der Waals surface area contributed by atoms with Gasteiger partial charge in [0, 0.05) is 6.42 Å². The molecule has 0 aromatic carbocycles. The van der Waals surface area contributed by atoms with Gasteiger partial charge in [0.15, 0.2) is 0 Å². The van der Waals surface area contributed by atoms with Crippen LogP contribution in [-0.4, -0.2) is 49.0 Å². The van der Waals surface area contributed by atoms with Gasteiger partial charge in [-0.25, -0.2) is 8.42 Å². The van der Waals surface area contributed by atoms with Crippen molar-refractivity contribution in [3.05, 3.63) is 0 Å². The number of rotatable bonds is 3. The van der Waals surface area contributed by atoms with E-state index in [2.05, 4.69) is 8.92 Å². The van der Waals surface area contributed by atoms with Crippen LogP contribution in [0, 0.1) is 0 Å². The molecule has 0 radical (unpaired) electrons. The van der Waals surface area contributed by atoms with E-state index in [9.17, 15) is 28.0 Å². The molecule has 1 rings (SSSR count). The molecule has 1 aliphatic heterocycles. The Balaban J connectivity index is 2.57. The van der Waals surface area contributed by atoms with Gasteiger partial charge in [-0.1, -0.05) is 0 Å². The van der Waals surface area contributed by atoms with E-state index in [-0.39, 0.29) is 6.42 Å². The molecular weight excluding hydrogens is 232 g/mol. The van der Waals surface area contributed by atoms with Crippen LogP contribution in [0.5, 0.6) is 0 Å². The summed E-state index contributed by atoms with van der Waals surface area (Å²) in [6, 6.07) is 0. The third-order valence-corrected chi connectivity index (χ3v) is 2.33. The van der Waals surface area contributed by atoms with E-state index in [0.29, 0.717) is 0 Å². The number of aliphatic hydroxyl groups is 1. The van der Waals surface area contributed by atoms with Gasteiger partial charge in [-0.15, -0.1) is 0 Å². The van der Waals surface area contributed by atoms with Crippen LogP contribution < -0.4 is 5.11 Å². The van der Waals surface area contributed by atoms with Gasteiger partial charge in [-0.2, -0.15) is 0 Å². The molecule has 9 heteroatoms. The lowest BCUT2D eigenvalue weighted by Crippen LogP contribution is -2.50. The first-order valence-corrected chi connectivity index (χ1v) is 5.27. The van der Waals surface area contributed by atoms with Crippen molar-refractivity contribution in [1.82, 2.24) is 0 Å². The fourth-order valence-electron chi connectivity index (χ4n) is 1.17. The molecular formula is C6H8O8S-2. The van der Waals surface area contributed by atoms with Crippen molar-refractivity contribution >= 4 is 16.4 Å². The van der Waals surface area contributed by atoms with Crippen LogP contribution in [0.15, 0.2) is 0 Å². The largest absolute Gasteiger partial charge is 0.726 e. The SMILES string of the molecule is O=C([O-])C1C[C@@H](O)C(OS(=O)(=O)[O-])CO1. The first-order valence-electron chi connectivity index (χ1n) is 3.94. The fraction of sp³-hybridized carbons (Fsp3) is 0.833. The summed E-state index contributed by atoms with van der Waals surface area (Å²) in [6.07, 6.45) is -4.48. The Labute approximate surface area is 85.4 Å². The highest BCUT2D eigenvalue weighted by Crippen LogP contribution is 2.17. The average molecular weight is 240 g/mol. The lowest BCUT2D eigenvalue weighted by Gasteiger charge is -2.33. The lowest BCUT2D eigenvalue weighted by molar-refractivity contribution is -0.320. The van der Waals surface area contributed by atoms with Crippen molar-refractivity contribution in [3.63, 3.8) is 0 Å². The number of aliphatic hydroxyl groups excluding tert-OH is 1. The molecule has 1 heterocycles. The molecule has 0 aliphatic carbocycles. The van der Waals surface area contributed by atoms with E-state index in [4.69, 9.17) is 0 Å². The van der Waals surface area contributed by atoms with Gasteiger partial charge in [-0.05, 0) is 0 Å². The first-order chi connectivity index (χ1) is 6.79. The molecule has 0 spiro atoms. The minimum atomic E-state index is -4.95. The highest BCUT2D eigenvalue weighted by Gasteiger charge is 2.32. The quantitative estimate of drug-likeness (QED) is 0.400. The van der Waals surface area contributed by atoms with E-state index >= 15 is 0 Å². The molecule has 3 atom stereocenters. The smallest absolute Gasteiger partial charge is 0.218 e. The van der Waals surface area contributed by atoms with Gasteiger partial charge in [0.2, 0.25) is 10.4 Å². The number of hydrogen-bond acceptors (Lipinski definition) is 8. The molecule has 1 saturated heterocycles. The molecule has 0 aromatic heterocycles. The van der Waals surface area contributed by atoms with Crippen LogP contribution in [-0.2, 0) is 24.1 Å². The monoisotopic (exact) mass is 240 g/mol. The highest BCUT2D eigenvalue weighted by atomic mass is 32.3. The normalized spacial score (nSPS) is 32.5. The number of carboxylic acids is 1. The molecule has 1 N–H and O–H groups in total. The Hall–Kier alpha value is -0.740. The number of ether oxygens (including phenoxy) is 1. The van der Waals surface area contributed by atoms with Crippen molar-refractivity contribution in [2.45, 2.75) is 24.7 Å². The topological polar surface area (TPSA) is 136 Å². The van der Waals surface area contributed by atoms with E-state index in [1.54, 1.807) is 0 Å². The summed E-state index contributed by atoms with van der Waals surface area (Å²) in [5.74, 6) is -1.52. The molecule has 0 amide bonds. The molecule has 8 nitrogen and oxygen atoms in total. The third kappa shape index (κ3) is 3.72. The summed E-state index contributed by atoms with van der Waals surface area (Å²) in [7, 11) is -4.95. The zero-order valence-electron chi connectivity index (χ0n) is 7.36. The Morgan fingerprint density at radius 2 is 2.13 bits per heavy atom. The molecule has 0 bridgehead atoms. The number of carbonyl (C=O) groups is 1. The van der Waals surface area contributed by atoms with Crippen LogP contribution >= 0.6 is 0 Å². The highest BCUT2D eigenvalue weighted by molar-refractivity contribution is 7.80. The lowest BCUT2D eigenvalue weighted by atomic mass is 10.0. The van der Waals surface area contributed by atoms with Gasteiger partial charge in [0.25, 0.3) is 0 Å².